The largest absolute Gasteiger partial charge is 0.308 e. The number of rotatable bonds is 7. The first-order valence-electron chi connectivity index (χ1n) is 9.36. The Bertz CT molecular complexity index is 316. The molecule has 1 N–H and O–H groups in total. The molecule has 2 rings (SSSR count). The zero-order chi connectivity index (χ0) is 15.5. The number of nitrogens with one attached hydrogen (secondary N) is 1. The Hall–Kier alpha value is -0.0800. The van der Waals surface area contributed by atoms with Gasteiger partial charge in [0.15, 0.2) is 0 Å². The average molecular weight is 295 g/mol. The molecule has 2 nitrogen and oxygen atoms in total. The minimum absolute atomic E-state index is 0.376. The van der Waals surface area contributed by atoms with Crippen molar-refractivity contribution >= 4 is 0 Å². The van der Waals surface area contributed by atoms with Crippen LogP contribution in [0.4, 0.5) is 0 Å². The van der Waals surface area contributed by atoms with Crippen LogP contribution < -0.4 is 5.32 Å². The lowest BCUT2D eigenvalue weighted by Gasteiger charge is -2.51. The molecule has 2 fully saturated rings. The van der Waals surface area contributed by atoms with Crippen LogP contribution >= 0.6 is 0 Å². The number of unbranched alkanes of at least 4 members (excludes halogenated alkanes) is 4. The molecule has 21 heavy (non-hydrogen) atoms. The molecule has 0 aromatic carbocycles. The Morgan fingerprint density at radius 1 is 1.10 bits per heavy atom. The van der Waals surface area contributed by atoms with Crippen molar-refractivity contribution in [3.05, 3.63) is 0 Å². The first kappa shape index (κ1) is 17.3. The van der Waals surface area contributed by atoms with Crippen LogP contribution in [0.1, 0.15) is 79.6 Å². The van der Waals surface area contributed by atoms with Crippen LogP contribution in [-0.4, -0.2) is 36.1 Å². The molecule has 2 aliphatic rings. The van der Waals surface area contributed by atoms with Crippen molar-refractivity contribution in [3.63, 3.8) is 0 Å². The normalized spacial score (nSPS) is 31.6. The van der Waals surface area contributed by atoms with Gasteiger partial charge in [0.25, 0.3) is 0 Å². The summed E-state index contributed by atoms with van der Waals surface area (Å²) >= 11 is 0. The molecule has 0 aromatic heterocycles. The van der Waals surface area contributed by atoms with Crippen LogP contribution in [0.5, 0.6) is 0 Å². The van der Waals surface area contributed by atoms with Gasteiger partial charge in [0.05, 0.1) is 0 Å². The molecular formula is C19H38N2. The quantitative estimate of drug-likeness (QED) is 0.698. The fourth-order valence-corrected chi connectivity index (χ4v) is 4.05. The molecular weight excluding hydrogens is 256 g/mol. The molecule has 124 valence electrons. The zero-order valence-electron chi connectivity index (χ0n) is 15.2. The van der Waals surface area contributed by atoms with Crippen molar-refractivity contribution in [1.82, 2.24) is 10.2 Å². The van der Waals surface area contributed by atoms with Crippen molar-refractivity contribution < 1.29 is 0 Å². The second-order valence-corrected chi connectivity index (χ2v) is 8.84. The molecule has 2 unspecified atom stereocenters. The van der Waals surface area contributed by atoms with E-state index in [9.17, 15) is 0 Å². The molecule has 1 heterocycles. The molecule has 0 amide bonds. The topological polar surface area (TPSA) is 15.3 Å². The van der Waals surface area contributed by atoms with Gasteiger partial charge in [-0.1, -0.05) is 53.4 Å². The summed E-state index contributed by atoms with van der Waals surface area (Å²) in [5, 5.41) is 3.91. The fraction of sp³-hybridized carbons (Fsp3) is 1.00. The van der Waals surface area contributed by atoms with E-state index >= 15 is 0 Å². The van der Waals surface area contributed by atoms with Gasteiger partial charge in [-0.3, -0.25) is 4.90 Å². The lowest BCUT2D eigenvalue weighted by molar-refractivity contribution is 0.0192. The van der Waals surface area contributed by atoms with Crippen molar-refractivity contribution in [2.75, 3.05) is 19.6 Å². The van der Waals surface area contributed by atoms with Crippen LogP contribution in [0, 0.1) is 11.3 Å². The standard InChI is InChI=1S/C19H38N2/c1-6-7-8-9-10-13-21-15-19(5,16-11-12-16)20-14-17(21)18(2,3)4/h16-17,20H,6-15H2,1-5H3. The highest BCUT2D eigenvalue weighted by Crippen LogP contribution is 2.42. The predicted octanol–water partition coefficient (Wildman–Crippen LogP) is 4.45. The van der Waals surface area contributed by atoms with Gasteiger partial charge < -0.3 is 5.32 Å². The van der Waals surface area contributed by atoms with Gasteiger partial charge in [0.2, 0.25) is 0 Å². The second-order valence-electron chi connectivity index (χ2n) is 8.84. The van der Waals surface area contributed by atoms with Crippen LogP contribution in [0.2, 0.25) is 0 Å². The van der Waals surface area contributed by atoms with E-state index in [1.807, 2.05) is 0 Å². The fourth-order valence-electron chi connectivity index (χ4n) is 4.05. The second kappa shape index (κ2) is 7.00. The van der Waals surface area contributed by atoms with E-state index in [0.717, 1.165) is 5.92 Å². The summed E-state index contributed by atoms with van der Waals surface area (Å²) in [5.74, 6) is 0.931. The maximum atomic E-state index is 3.91. The van der Waals surface area contributed by atoms with Gasteiger partial charge in [0.1, 0.15) is 0 Å². The summed E-state index contributed by atoms with van der Waals surface area (Å²) < 4.78 is 0. The van der Waals surface area contributed by atoms with E-state index in [0.29, 0.717) is 17.0 Å². The summed E-state index contributed by atoms with van der Waals surface area (Å²) in [4.78, 5) is 2.82. The highest BCUT2D eigenvalue weighted by Gasteiger charge is 2.47. The summed E-state index contributed by atoms with van der Waals surface area (Å²) in [7, 11) is 0. The van der Waals surface area contributed by atoms with E-state index < -0.39 is 0 Å². The molecule has 2 atom stereocenters. The van der Waals surface area contributed by atoms with E-state index in [4.69, 9.17) is 0 Å². The third kappa shape index (κ3) is 4.69. The number of piperazine rings is 1. The van der Waals surface area contributed by atoms with Crippen LogP contribution in [-0.2, 0) is 0 Å². The van der Waals surface area contributed by atoms with Gasteiger partial charge in [-0.15, -0.1) is 0 Å². The van der Waals surface area contributed by atoms with E-state index in [1.165, 1.54) is 64.6 Å². The minimum atomic E-state index is 0.376. The van der Waals surface area contributed by atoms with Crippen molar-refractivity contribution in [2.45, 2.75) is 91.1 Å². The molecule has 1 saturated heterocycles. The number of hydrogen-bond donors (Lipinski definition) is 1. The Labute approximate surface area is 133 Å². The first-order chi connectivity index (χ1) is 9.87. The highest BCUT2D eigenvalue weighted by atomic mass is 15.3. The summed E-state index contributed by atoms with van der Waals surface area (Å²) in [5.41, 5.74) is 0.756. The van der Waals surface area contributed by atoms with Crippen LogP contribution in [0.3, 0.4) is 0 Å². The molecule has 1 aliphatic heterocycles. The predicted molar refractivity (Wildman–Crippen MR) is 92.7 cm³/mol. The maximum Gasteiger partial charge on any atom is 0.0309 e. The monoisotopic (exact) mass is 294 g/mol. The SMILES string of the molecule is CCCCCCCN1CC(C)(C2CC2)NCC1C(C)(C)C. The van der Waals surface area contributed by atoms with Crippen molar-refractivity contribution in [2.24, 2.45) is 11.3 Å². The maximum absolute atomic E-state index is 3.91. The third-order valence-electron chi connectivity index (χ3n) is 5.70. The Balaban J connectivity index is 1.89. The van der Waals surface area contributed by atoms with Gasteiger partial charge in [-0.2, -0.15) is 0 Å². The lowest BCUT2D eigenvalue weighted by atomic mass is 9.80. The Morgan fingerprint density at radius 2 is 1.76 bits per heavy atom. The Kier molecular flexibility index (Phi) is 5.76. The van der Waals surface area contributed by atoms with Gasteiger partial charge in [-0.05, 0) is 44.1 Å². The van der Waals surface area contributed by atoms with E-state index in [-0.39, 0.29) is 0 Å². The summed E-state index contributed by atoms with van der Waals surface area (Å²) in [6, 6.07) is 0.690. The zero-order valence-corrected chi connectivity index (χ0v) is 15.2. The smallest absolute Gasteiger partial charge is 0.0309 e. The average Bonchev–Trinajstić information content (AvgIpc) is 3.21. The molecule has 1 saturated carbocycles. The molecule has 0 aromatic rings. The Morgan fingerprint density at radius 3 is 2.33 bits per heavy atom. The van der Waals surface area contributed by atoms with Gasteiger partial charge in [-0.25, -0.2) is 0 Å². The van der Waals surface area contributed by atoms with Gasteiger partial charge in [0, 0.05) is 24.7 Å². The van der Waals surface area contributed by atoms with E-state index in [2.05, 4.69) is 44.8 Å². The van der Waals surface area contributed by atoms with Crippen molar-refractivity contribution in [3.8, 4) is 0 Å². The molecule has 1 aliphatic carbocycles. The third-order valence-corrected chi connectivity index (χ3v) is 5.70. The molecule has 2 heteroatoms. The summed E-state index contributed by atoms with van der Waals surface area (Å²) in [6.45, 7) is 15.7. The number of hydrogen-bond acceptors (Lipinski definition) is 2. The van der Waals surface area contributed by atoms with Crippen LogP contribution in [0.15, 0.2) is 0 Å². The molecule has 0 radical (unpaired) electrons. The van der Waals surface area contributed by atoms with E-state index in [1.54, 1.807) is 0 Å². The van der Waals surface area contributed by atoms with Gasteiger partial charge >= 0.3 is 0 Å². The molecule has 0 bridgehead atoms. The van der Waals surface area contributed by atoms with Crippen LogP contribution in [0.25, 0.3) is 0 Å². The minimum Gasteiger partial charge on any atom is -0.308 e. The molecule has 0 spiro atoms. The van der Waals surface area contributed by atoms with Crippen molar-refractivity contribution in [1.29, 1.82) is 0 Å². The first-order valence-corrected chi connectivity index (χ1v) is 9.36. The lowest BCUT2D eigenvalue weighted by Crippen LogP contribution is -2.66. The summed E-state index contributed by atoms with van der Waals surface area (Å²) in [6.07, 6.45) is 9.84. The highest BCUT2D eigenvalue weighted by molar-refractivity contribution is 5.05. The number of nitrogens with zero attached hydrogens (tertiary/aromatic N) is 1.